The molecule has 6 aromatic rings. The largest absolute Gasteiger partial charge is 0.306 e. The van der Waals surface area contributed by atoms with Crippen LogP contribution in [0.25, 0.3) is 21.9 Å². The summed E-state index contributed by atoms with van der Waals surface area (Å²) in [5.74, 6) is 0.629. The van der Waals surface area contributed by atoms with E-state index in [0.717, 1.165) is 29.5 Å². The molecule has 3 nitrogen and oxygen atoms in total. The topological polar surface area (TPSA) is 50.7 Å². The summed E-state index contributed by atoms with van der Waals surface area (Å²) in [5.41, 5.74) is 14.8. The maximum Gasteiger partial charge on any atom is 0.156 e. The fourth-order valence-electron chi connectivity index (χ4n) is 7.00. The average molecular weight is 598 g/mol. The molecule has 226 valence electrons. The lowest BCUT2D eigenvalue weighted by atomic mass is 9.65. The van der Waals surface area contributed by atoms with Gasteiger partial charge in [-0.1, -0.05) is 171 Å². The van der Waals surface area contributed by atoms with Crippen LogP contribution in [0.15, 0.2) is 162 Å². The fraction of sp³-hybridized carbons (Fsp3) is 0.163. The number of fused-ring (bicyclic) bond motifs is 1. The Morgan fingerprint density at radius 1 is 0.609 bits per heavy atom. The Labute approximate surface area is 272 Å². The van der Waals surface area contributed by atoms with Crippen LogP contribution in [0, 0.1) is 0 Å². The Hall–Kier alpha value is -5.12. The molecule has 0 saturated heterocycles. The van der Waals surface area contributed by atoms with E-state index in [2.05, 4.69) is 91.0 Å². The molecule has 7 rings (SSSR count). The lowest BCUT2D eigenvalue weighted by Crippen LogP contribution is -2.30. The molecule has 0 aromatic heterocycles. The zero-order valence-electron chi connectivity index (χ0n) is 26.1. The van der Waals surface area contributed by atoms with E-state index in [-0.39, 0.29) is 5.41 Å². The fourth-order valence-corrected chi connectivity index (χ4v) is 7.00. The first-order valence-corrected chi connectivity index (χ1v) is 16.4. The van der Waals surface area contributed by atoms with E-state index in [1.54, 1.807) is 0 Å². The highest BCUT2D eigenvalue weighted by Crippen LogP contribution is 2.45. The quantitative estimate of drug-likeness (QED) is 0.144. The van der Waals surface area contributed by atoms with Gasteiger partial charge in [-0.2, -0.15) is 0 Å². The van der Waals surface area contributed by atoms with E-state index in [0.29, 0.717) is 5.84 Å². The summed E-state index contributed by atoms with van der Waals surface area (Å²) >= 11 is 0. The maximum absolute atomic E-state index is 6.57. The first kappa shape index (κ1) is 29.6. The third kappa shape index (κ3) is 6.20. The van der Waals surface area contributed by atoms with Crippen molar-refractivity contribution in [2.24, 2.45) is 15.7 Å². The molecule has 0 aliphatic heterocycles. The predicted molar refractivity (Wildman–Crippen MR) is 194 cm³/mol. The molecule has 1 aliphatic rings. The van der Waals surface area contributed by atoms with Crippen LogP contribution < -0.4 is 5.73 Å². The molecule has 6 aromatic carbocycles. The molecule has 0 radical (unpaired) electrons. The molecule has 0 bridgehead atoms. The molecule has 3 heteroatoms. The summed E-state index contributed by atoms with van der Waals surface area (Å²) in [6.07, 6.45) is 7.40. The van der Waals surface area contributed by atoms with Crippen molar-refractivity contribution < 1.29 is 0 Å². The highest BCUT2D eigenvalue weighted by Gasteiger charge is 2.35. The van der Waals surface area contributed by atoms with Gasteiger partial charge >= 0.3 is 0 Å². The minimum absolute atomic E-state index is 0.0148. The van der Waals surface area contributed by atoms with Gasteiger partial charge in [0.1, 0.15) is 6.17 Å². The summed E-state index contributed by atoms with van der Waals surface area (Å²) in [6.45, 7) is 0. The van der Waals surface area contributed by atoms with Gasteiger partial charge in [0.2, 0.25) is 0 Å². The Morgan fingerprint density at radius 2 is 1.22 bits per heavy atom. The summed E-state index contributed by atoms with van der Waals surface area (Å²) in [6, 6.07) is 53.6. The molecular weight excluding hydrogens is 558 g/mol. The smallest absolute Gasteiger partial charge is 0.156 e. The Kier molecular flexibility index (Phi) is 8.67. The van der Waals surface area contributed by atoms with E-state index in [1.165, 1.54) is 52.3 Å². The van der Waals surface area contributed by atoms with Crippen LogP contribution in [0.1, 0.15) is 66.1 Å². The van der Waals surface area contributed by atoms with Gasteiger partial charge in [-0.3, -0.25) is 0 Å². The molecule has 0 spiro atoms. The van der Waals surface area contributed by atoms with E-state index < -0.39 is 6.17 Å². The van der Waals surface area contributed by atoms with E-state index >= 15 is 0 Å². The minimum atomic E-state index is -0.506. The second-order valence-electron chi connectivity index (χ2n) is 12.3. The van der Waals surface area contributed by atoms with Gasteiger partial charge in [0, 0.05) is 17.2 Å². The number of rotatable bonds is 7. The first-order chi connectivity index (χ1) is 22.7. The van der Waals surface area contributed by atoms with Crippen molar-refractivity contribution in [3.63, 3.8) is 0 Å². The zero-order valence-corrected chi connectivity index (χ0v) is 26.1. The Bertz CT molecular complexity index is 1950. The van der Waals surface area contributed by atoms with Crippen molar-refractivity contribution in [2.75, 3.05) is 0 Å². The minimum Gasteiger partial charge on any atom is -0.306 e. The van der Waals surface area contributed by atoms with Crippen LogP contribution in [-0.4, -0.2) is 12.1 Å². The second-order valence-corrected chi connectivity index (χ2v) is 12.3. The molecule has 0 amide bonds. The van der Waals surface area contributed by atoms with Crippen LogP contribution in [0.3, 0.4) is 0 Å². The van der Waals surface area contributed by atoms with E-state index in [4.69, 9.17) is 15.7 Å². The SMILES string of the molecule is NC(N=C(N=Cc1ccccc1)c1ccc(C2(c3ccc(-c4cccc5ccccc45)cc3)CCCCC2)cc1)c1ccccc1. The Morgan fingerprint density at radius 3 is 1.93 bits per heavy atom. The second kappa shape index (κ2) is 13.5. The van der Waals surface area contributed by atoms with Crippen LogP contribution in [0.4, 0.5) is 0 Å². The van der Waals surface area contributed by atoms with Crippen molar-refractivity contribution in [2.45, 2.75) is 43.7 Å². The van der Waals surface area contributed by atoms with Gasteiger partial charge in [-0.15, -0.1) is 0 Å². The monoisotopic (exact) mass is 597 g/mol. The van der Waals surface area contributed by atoms with Crippen LogP contribution in [0.2, 0.25) is 0 Å². The van der Waals surface area contributed by atoms with Gasteiger partial charge in [-0.05, 0) is 57.0 Å². The lowest BCUT2D eigenvalue weighted by Gasteiger charge is -2.39. The van der Waals surface area contributed by atoms with Crippen LogP contribution in [0.5, 0.6) is 0 Å². The lowest BCUT2D eigenvalue weighted by molar-refractivity contribution is 0.346. The summed E-state index contributed by atoms with van der Waals surface area (Å²) in [4.78, 5) is 9.76. The van der Waals surface area contributed by atoms with Crippen LogP contribution in [-0.2, 0) is 5.41 Å². The van der Waals surface area contributed by atoms with Gasteiger partial charge in [0.15, 0.2) is 5.84 Å². The third-order valence-electron chi connectivity index (χ3n) is 9.48. The van der Waals surface area contributed by atoms with Crippen molar-refractivity contribution in [3.05, 3.63) is 179 Å². The number of hydrogen-bond donors (Lipinski definition) is 1. The molecule has 2 N–H and O–H groups in total. The molecule has 1 atom stereocenters. The van der Waals surface area contributed by atoms with E-state index in [1.807, 2.05) is 66.9 Å². The Balaban J connectivity index is 1.23. The standard InChI is InChI=1S/C43H39N3/c44-41(35-16-6-2-7-17-35)46-42(45-31-32-13-4-1-5-14-32)36-23-27-38(28-24-36)43(29-10-3-11-30-43)37-25-21-34(22-26-37)40-20-12-18-33-15-8-9-19-39(33)40/h1-2,4-9,12-28,31,41H,3,10-11,29-30,44H2. The van der Waals surface area contributed by atoms with Gasteiger partial charge in [-0.25, -0.2) is 9.98 Å². The molecule has 1 unspecified atom stereocenters. The average Bonchev–Trinajstić information content (AvgIpc) is 3.14. The highest BCUT2D eigenvalue weighted by molar-refractivity contribution is 6.05. The normalized spacial score (nSPS) is 15.6. The summed E-state index contributed by atoms with van der Waals surface area (Å²) in [5, 5.41) is 2.56. The number of amidine groups is 1. The molecule has 0 heterocycles. The number of hydrogen-bond acceptors (Lipinski definition) is 2. The third-order valence-corrected chi connectivity index (χ3v) is 9.48. The highest BCUT2D eigenvalue weighted by atomic mass is 15.0. The molecular formula is C43H39N3. The summed E-state index contributed by atoms with van der Waals surface area (Å²) in [7, 11) is 0. The number of nitrogens with zero attached hydrogens (tertiary/aromatic N) is 2. The van der Waals surface area contributed by atoms with Gasteiger partial charge in [0.25, 0.3) is 0 Å². The van der Waals surface area contributed by atoms with Gasteiger partial charge in [0.05, 0.1) is 0 Å². The summed E-state index contributed by atoms with van der Waals surface area (Å²) < 4.78 is 0. The molecule has 1 saturated carbocycles. The first-order valence-electron chi connectivity index (χ1n) is 16.4. The van der Waals surface area contributed by atoms with Crippen molar-refractivity contribution in [3.8, 4) is 11.1 Å². The molecule has 1 fully saturated rings. The van der Waals surface area contributed by atoms with Crippen molar-refractivity contribution in [1.82, 2.24) is 0 Å². The maximum atomic E-state index is 6.57. The van der Waals surface area contributed by atoms with Gasteiger partial charge < -0.3 is 5.73 Å². The number of nitrogens with two attached hydrogens (primary N) is 1. The van der Waals surface area contributed by atoms with Crippen molar-refractivity contribution in [1.29, 1.82) is 0 Å². The van der Waals surface area contributed by atoms with Crippen LogP contribution >= 0.6 is 0 Å². The number of benzene rings is 6. The molecule has 46 heavy (non-hydrogen) atoms. The number of aliphatic imine (C=N–C) groups is 2. The predicted octanol–water partition coefficient (Wildman–Crippen LogP) is 10.3. The molecule has 1 aliphatic carbocycles. The van der Waals surface area contributed by atoms with E-state index in [9.17, 15) is 0 Å². The van der Waals surface area contributed by atoms with Crippen molar-refractivity contribution >= 4 is 22.8 Å². The zero-order chi connectivity index (χ0) is 31.2.